The van der Waals surface area contributed by atoms with Crippen molar-refractivity contribution >= 4 is 5.91 Å². The first-order valence-electron chi connectivity index (χ1n) is 19.7. The molecule has 0 aliphatic carbocycles. The fourth-order valence-corrected chi connectivity index (χ4v) is 6.45. The van der Waals surface area contributed by atoms with Crippen molar-refractivity contribution < 1.29 is 39.8 Å². The molecule has 47 heavy (non-hydrogen) atoms. The van der Waals surface area contributed by atoms with Gasteiger partial charge in [-0.2, -0.15) is 0 Å². The maximum atomic E-state index is 12.8. The highest BCUT2D eigenvalue weighted by atomic mass is 16.7. The molecule has 9 nitrogen and oxygen atoms in total. The van der Waals surface area contributed by atoms with Crippen molar-refractivity contribution in [1.82, 2.24) is 5.32 Å². The second-order valence-electron chi connectivity index (χ2n) is 14.1. The number of rotatable bonds is 32. The van der Waals surface area contributed by atoms with Crippen molar-refractivity contribution in [1.29, 1.82) is 0 Å². The Morgan fingerprint density at radius 1 is 0.638 bits per heavy atom. The van der Waals surface area contributed by atoms with E-state index < -0.39 is 49.5 Å². The smallest absolute Gasteiger partial charge is 0.220 e. The second kappa shape index (κ2) is 30.1. The van der Waals surface area contributed by atoms with Gasteiger partial charge in [-0.3, -0.25) is 4.79 Å². The van der Waals surface area contributed by atoms with E-state index in [0.29, 0.717) is 12.8 Å². The molecule has 1 fully saturated rings. The molecule has 0 aromatic carbocycles. The van der Waals surface area contributed by atoms with Crippen LogP contribution in [0.1, 0.15) is 181 Å². The van der Waals surface area contributed by atoms with Crippen molar-refractivity contribution in [2.45, 2.75) is 224 Å². The normalized spacial score (nSPS) is 22.7. The van der Waals surface area contributed by atoms with E-state index in [-0.39, 0.29) is 12.5 Å². The van der Waals surface area contributed by atoms with Crippen LogP contribution in [0.2, 0.25) is 0 Å². The molecule has 0 aromatic rings. The lowest BCUT2D eigenvalue weighted by Crippen LogP contribution is -2.60. The summed E-state index contributed by atoms with van der Waals surface area (Å²) in [6, 6.07) is -0.708. The third-order valence-corrected chi connectivity index (χ3v) is 9.71. The van der Waals surface area contributed by atoms with Crippen LogP contribution in [0, 0.1) is 0 Å². The predicted molar refractivity (Wildman–Crippen MR) is 189 cm³/mol. The summed E-state index contributed by atoms with van der Waals surface area (Å²) in [5.74, 6) is -0.151. The largest absolute Gasteiger partial charge is 0.394 e. The number of aliphatic hydroxyl groups is 5. The summed E-state index contributed by atoms with van der Waals surface area (Å²) in [6.07, 6.45) is 22.7. The van der Waals surface area contributed by atoms with Crippen LogP contribution in [-0.2, 0) is 14.3 Å². The van der Waals surface area contributed by atoms with Gasteiger partial charge in [-0.25, -0.2) is 0 Å². The third-order valence-electron chi connectivity index (χ3n) is 9.71. The van der Waals surface area contributed by atoms with E-state index in [4.69, 9.17) is 9.47 Å². The van der Waals surface area contributed by atoms with Gasteiger partial charge in [0.15, 0.2) is 6.29 Å². The molecule has 0 radical (unpaired) electrons. The summed E-state index contributed by atoms with van der Waals surface area (Å²) in [5, 5.41) is 53.9. The monoisotopic (exact) mass is 674 g/mol. The Hall–Kier alpha value is -0.810. The molecule has 0 saturated carbocycles. The average molecular weight is 674 g/mol. The van der Waals surface area contributed by atoms with E-state index in [9.17, 15) is 30.3 Å². The number of unbranched alkanes of at least 4 members (excludes halogenated alkanes) is 22. The van der Waals surface area contributed by atoms with Crippen LogP contribution in [0.4, 0.5) is 0 Å². The number of hydrogen-bond acceptors (Lipinski definition) is 8. The summed E-state index contributed by atoms with van der Waals surface area (Å²) < 4.78 is 11.2. The van der Waals surface area contributed by atoms with Crippen LogP contribution in [0.25, 0.3) is 0 Å². The summed E-state index contributed by atoms with van der Waals surface area (Å²) in [6.45, 7) is 3.78. The Labute approximate surface area is 287 Å². The van der Waals surface area contributed by atoms with E-state index in [0.717, 1.165) is 38.5 Å². The Morgan fingerprint density at radius 3 is 1.51 bits per heavy atom. The zero-order valence-electron chi connectivity index (χ0n) is 30.3. The number of nitrogens with one attached hydrogen (secondary N) is 1. The van der Waals surface area contributed by atoms with Crippen LogP contribution >= 0.6 is 0 Å². The van der Waals surface area contributed by atoms with E-state index in [1.54, 1.807) is 0 Å². The molecule has 1 rings (SSSR count). The molecule has 9 heteroatoms. The Morgan fingerprint density at radius 2 is 1.06 bits per heavy atom. The Bertz CT molecular complexity index is 711. The van der Waals surface area contributed by atoms with Gasteiger partial charge < -0.3 is 40.3 Å². The third kappa shape index (κ3) is 21.8. The van der Waals surface area contributed by atoms with Crippen molar-refractivity contribution in [2.75, 3.05) is 13.2 Å². The minimum absolute atomic E-state index is 0.133. The first kappa shape index (κ1) is 44.2. The molecule has 280 valence electrons. The SMILES string of the molecule is CCCCCCCCCCCCCCCCCCC[C@@H](O)[C@H](CO[C@@H]1O[C@H](CO)[C@@H](O)C(O)C1O)NC(=O)CCCCCCCCC. The molecule has 1 aliphatic heterocycles. The number of hydrogen-bond donors (Lipinski definition) is 6. The van der Waals surface area contributed by atoms with E-state index in [1.807, 2.05) is 0 Å². The minimum atomic E-state index is -1.55. The predicted octanol–water partition coefficient (Wildman–Crippen LogP) is 6.83. The first-order chi connectivity index (χ1) is 22.8. The molecular weight excluding hydrogens is 598 g/mol. The fourth-order valence-electron chi connectivity index (χ4n) is 6.45. The highest BCUT2D eigenvalue weighted by molar-refractivity contribution is 5.76. The molecule has 1 amide bonds. The number of carbonyl (C=O) groups excluding carboxylic acids is 1. The minimum Gasteiger partial charge on any atom is -0.394 e. The first-order valence-corrected chi connectivity index (χ1v) is 19.7. The Balaban J connectivity index is 2.33. The number of carbonyl (C=O) groups is 1. The lowest BCUT2D eigenvalue weighted by atomic mass is 9.99. The number of ether oxygens (including phenoxy) is 2. The topological polar surface area (TPSA) is 149 Å². The van der Waals surface area contributed by atoms with E-state index in [2.05, 4.69) is 19.2 Å². The highest BCUT2D eigenvalue weighted by Gasteiger charge is 2.44. The maximum absolute atomic E-state index is 12.8. The number of aliphatic hydroxyl groups excluding tert-OH is 5. The van der Waals surface area contributed by atoms with Gasteiger partial charge in [-0.1, -0.05) is 162 Å². The van der Waals surface area contributed by atoms with Gasteiger partial charge in [0.25, 0.3) is 0 Å². The van der Waals surface area contributed by atoms with Crippen LogP contribution in [0.15, 0.2) is 0 Å². The Kier molecular flexibility index (Phi) is 28.3. The summed E-state index contributed by atoms with van der Waals surface area (Å²) in [7, 11) is 0. The maximum Gasteiger partial charge on any atom is 0.220 e. The fraction of sp³-hybridized carbons (Fsp3) is 0.974. The molecule has 2 unspecified atom stereocenters. The summed E-state index contributed by atoms with van der Waals surface area (Å²) in [4.78, 5) is 12.8. The number of amides is 1. The van der Waals surface area contributed by atoms with Crippen molar-refractivity contribution in [3.8, 4) is 0 Å². The van der Waals surface area contributed by atoms with Gasteiger partial charge in [0.2, 0.25) is 5.91 Å². The lowest BCUT2D eigenvalue weighted by molar-refractivity contribution is -0.302. The zero-order valence-corrected chi connectivity index (χ0v) is 30.3. The molecule has 0 aromatic heterocycles. The average Bonchev–Trinajstić information content (AvgIpc) is 3.07. The van der Waals surface area contributed by atoms with Gasteiger partial charge >= 0.3 is 0 Å². The molecule has 7 atom stereocenters. The van der Waals surface area contributed by atoms with Crippen LogP contribution in [-0.4, -0.2) is 87.5 Å². The van der Waals surface area contributed by atoms with Gasteiger partial charge in [0, 0.05) is 6.42 Å². The molecule has 1 aliphatic rings. The van der Waals surface area contributed by atoms with Crippen LogP contribution < -0.4 is 5.32 Å². The second-order valence-corrected chi connectivity index (χ2v) is 14.1. The lowest BCUT2D eigenvalue weighted by Gasteiger charge is -2.40. The van der Waals surface area contributed by atoms with Crippen molar-refractivity contribution in [2.24, 2.45) is 0 Å². The van der Waals surface area contributed by atoms with Crippen molar-refractivity contribution in [3.63, 3.8) is 0 Å². The van der Waals surface area contributed by atoms with E-state index in [1.165, 1.54) is 116 Å². The molecule has 0 spiro atoms. The molecule has 1 heterocycles. The van der Waals surface area contributed by atoms with Gasteiger partial charge in [0.1, 0.15) is 24.4 Å². The van der Waals surface area contributed by atoms with Gasteiger partial charge in [0.05, 0.1) is 25.4 Å². The molecule has 6 N–H and O–H groups in total. The zero-order chi connectivity index (χ0) is 34.5. The highest BCUT2D eigenvalue weighted by Crippen LogP contribution is 2.23. The molecule has 1 saturated heterocycles. The molecular formula is C38H75NO8. The molecule has 0 bridgehead atoms. The van der Waals surface area contributed by atoms with Gasteiger partial charge in [-0.05, 0) is 12.8 Å². The summed E-state index contributed by atoms with van der Waals surface area (Å²) >= 11 is 0. The standard InChI is InChI=1S/C38H75NO8/c1-3-5-7-9-11-12-13-14-15-16-17-18-19-20-22-23-25-27-32(41)31(39-34(42)28-26-24-21-10-8-6-4-2)30-46-38-37(45)36(44)35(43)33(29-40)47-38/h31-33,35-38,40-41,43-45H,3-30H2,1-2H3,(H,39,42)/t31-,32+,33+,35+,36?,37?,38+/m0/s1. The van der Waals surface area contributed by atoms with Crippen LogP contribution in [0.3, 0.4) is 0 Å². The summed E-state index contributed by atoms with van der Waals surface area (Å²) in [5.41, 5.74) is 0. The van der Waals surface area contributed by atoms with E-state index >= 15 is 0 Å². The van der Waals surface area contributed by atoms with Gasteiger partial charge in [-0.15, -0.1) is 0 Å². The van der Waals surface area contributed by atoms with Crippen LogP contribution in [0.5, 0.6) is 0 Å². The quantitative estimate of drug-likeness (QED) is 0.0426. The van der Waals surface area contributed by atoms with Crippen molar-refractivity contribution in [3.05, 3.63) is 0 Å².